The summed E-state index contributed by atoms with van der Waals surface area (Å²) in [5.41, 5.74) is 0. The third-order valence-corrected chi connectivity index (χ3v) is 1.02. The first-order chi connectivity index (χ1) is 3.84. The van der Waals surface area contributed by atoms with E-state index in [9.17, 15) is 0 Å². The van der Waals surface area contributed by atoms with Gasteiger partial charge in [0.2, 0.25) is 0 Å². The summed E-state index contributed by atoms with van der Waals surface area (Å²) < 4.78 is 12.0. The molecule has 0 aromatic heterocycles. The Hall–Kier alpha value is -0.480. The fourth-order valence-electron chi connectivity index (χ4n) is 0.570. The van der Waals surface area contributed by atoms with Crippen LogP contribution in [-0.2, 0) is 4.74 Å². The molecule has 1 aliphatic heterocycles. The van der Waals surface area contributed by atoms with Gasteiger partial charge in [-0.3, -0.25) is 0 Å². The van der Waals surface area contributed by atoms with Crippen molar-refractivity contribution in [3.63, 3.8) is 0 Å². The van der Waals surface area contributed by atoms with Gasteiger partial charge in [-0.25, -0.2) is 0 Å². The molecule has 0 amide bonds. The normalized spacial score (nSPS) is 42.4. The molecule has 2 atom stereocenters. The van der Waals surface area contributed by atoms with Gasteiger partial charge in [-0.15, -0.1) is 12.3 Å². The molecule has 1 saturated heterocycles. The van der Waals surface area contributed by atoms with Crippen LogP contribution in [0.2, 0.25) is 0 Å². The van der Waals surface area contributed by atoms with Crippen LogP contribution in [0.3, 0.4) is 0 Å². The summed E-state index contributed by atoms with van der Waals surface area (Å²) in [5.74, 6) is 2.54. The summed E-state index contributed by atoms with van der Waals surface area (Å²) in [6, 6.07) is 0. The Balaban J connectivity index is 2.45. The second-order valence-electron chi connectivity index (χ2n) is 1.57. The van der Waals surface area contributed by atoms with Crippen LogP contribution in [0.15, 0.2) is 0 Å². The highest BCUT2D eigenvalue weighted by molar-refractivity contribution is 4.94. The third kappa shape index (κ3) is 0.942. The van der Waals surface area contributed by atoms with Crippen molar-refractivity contribution in [2.75, 3.05) is 13.2 Å². The quantitative estimate of drug-likeness (QED) is 0.403. The SMILES string of the molecule is [2H][C@H]1OCC[C@@H]1C#C. The van der Waals surface area contributed by atoms with Gasteiger partial charge in [0.15, 0.2) is 0 Å². The molecule has 1 aliphatic rings. The van der Waals surface area contributed by atoms with Gasteiger partial charge in [-0.1, -0.05) is 0 Å². The first-order valence-corrected chi connectivity index (χ1v) is 2.34. The maximum Gasteiger partial charge on any atom is 0.0604 e. The molecule has 1 heterocycles. The lowest BCUT2D eigenvalue weighted by molar-refractivity contribution is 0.192. The minimum atomic E-state index is -0.458. The molecule has 1 fully saturated rings. The standard InChI is InChI=1S/C6H8O/c1-2-6-3-4-7-5-6/h1,6H,3-5H2/t6-/m0/s1/i5D/t5-,6+/m1. The minimum absolute atomic E-state index is 0.0370. The monoisotopic (exact) mass is 97.1 g/mol. The van der Waals surface area contributed by atoms with Crippen molar-refractivity contribution >= 4 is 0 Å². The molecule has 1 nitrogen and oxygen atoms in total. The van der Waals surface area contributed by atoms with E-state index in [1.165, 1.54) is 0 Å². The second kappa shape index (κ2) is 1.99. The highest BCUT2D eigenvalue weighted by atomic mass is 16.5. The van der Waals surface area contributed by atoms with Crippen molar-refractivity contribution in [3.8, 4) is 12.3 Å². The molecule has 1 rings (SSSR count). The number of ether oxygens (including phenoxy) is 1. The van der Waals surface area contributed by atoms with E-state index in [0.29, 0.717) is 6.61 Å². The molecule has 0 unspecified atom stereocenters. The minimum Gasteiger partial charge on any atom is -0.380 e. The van der Waals surface area contributed by atoms with Crippen LogP contribution in [0.5, 0.6) is 0 Å². The molecule has 0 bridgehead atoms. The molecular formula is C6H8O. The van der Waals surface area contributed by atoms with Crippen LogP contribution in [-0.4, -0.2) is 13.2 Å². The van der Waals surface area contributed by atoms with Gasteiger partial charge in [0, 0.05) is 12.5 Å². The smallest absolute Gasteiger partial charge is 0.0604 e. The molecule has 0 spiro atoms. The zero-order chi connectivity index (χ0) is 5.98. The molecular weight excluding hydrogens is 88.1 g/mol. The highest BCUT2D eigenvalue weighted by Crippen LogP contribution is 2.09. The van der Waals surface area contributed by atoms with Crippen molar-refractivity contribution < 1.29 is 6.11 Å². The van der Waals surface area contributed by atoms with Crippen LogP contribution in [0.25, 0.3) is 0 Å². The fraction of sp³-hybridized carbons (Fsp3) is 0.667. The summed E-state index contributed by atoms with van der Waals surface area (Å²) in [4.78, 5) is 0. The predicted molar refractivity (Wildman–Crippen MR) is 27.8 cm³/mol. The summed E-state index contributed by atoms with van der Waals surface area (Å²) in [5, 5.41) is 0. The van der Waals surface area contributed by atoms with E-state index in [1.807, 2.05) is 0 Å². The Morgan fingerprint density at radius 1 is 2.00 bits per heavy atom. The van der Waals surface area contributed by atoms with Gasteiger partial charge >= 0.3 is 0 Å². The molecule has 0 N–H and O–H groups in total. The van der Waals surface area contributed by atoms with E-state index >= 15 is 0 Å². The lowest BCUT2D eigenvalue weighted by atomic mass is 10.1. The first-order valence-electron chi connectivity index (χ1n) is 2.92. The zero-order valence-corrected chi connectivity index (χ0v) is 4.05. The topological polar surface area (TPSA) is 9.23 Å². The van der Waals surface area contributed by atoms with Crippen molar-refractivity contribution in [1.29, 1.82) is 0 Å². The second-order valence-corrected chi connectivity index (χ2v) is 1.57. The van der Waals surface area contributed by atoms with Gasteiger partial charge in [-0.2, -0.15) is 0 Å². The lowest BCUT2D eigenvalue weighted by Gasteiger charge is -1.89. The fourth-order valence-corrected chi connectivity index (χ4v) is 0.570. The summed E-state index contributed by atoms with van der Waals surface area (Å²) in [6.07, 6.45) is 5.93. The van der Waals surface area contributed by atoms with Gasteiger partial charge < -0.3 is 4.74 Å². The number of hydrogen-bond acceptors (Lipinski definition) is 1. The Morgan fingerprint density at radius 3 is 3.14 bits per heavy atom. The molecule has 38 valence electrons. The molecule has 0 aliphatic carbocycles. The van der Waals surface area contributed by atoms with Crippen molar-refractivity contribution in [1.82, 2.24) is 0 Å². The van der Waals surface area contributed by atoms with E-state index in [-0.39, 0.29) is 5.92 Å². The van der Waals surface area contributed by atoms with Crippen molar-refractivity contribution in [2.24, 2.45) is 5.92 Å². The van der Waals surface area contributed by atoms with Crippen molar-refractivity contribution in [2.45, 2.75) is 6.42 Å². The van der Waals surface area contributed by atoms with Crippen LogP contribution in [0.4, 0.5) is 0 Å². The lowest BCUT2D eigenvalue weighted by Crippen LogP contribution is -1.91. The summed E-state index contributed by atoms with van der Waals surface area (Å²) >= 11 is 0. The molecule has 0 aromatic carbocycles. The molecule has 0 aromatic rings. The molecule has 1 heteroatoms. The van der Waals surface area contributed by atoms with E-state index in [1.54, 1.807) is 0 Å². The van der Waals surface area contributed by atoms with E-state index in [4.69, 9.17) is 12.5 Å². The number of terminal acetylenes is 1. The van der Waals surface area contributed by atoms with E-state index in [2.05, 4.69) is 5.92 Å². The summed E-state index contributed by atoms with van der Waals surface area (Å²) in [6.45, 7) is 0.197. The van der Waals surface area contributed by atoms with Gasteiger partial charge in [-0.05, 0) is 6.42 Å². The Morgan fingerprint density at radius 2 is 2.86 bits per heavy atom. The Labute approximate surface area is 45.1 Å². The van der Waals surface area contributed by atoms with Crippen LogP contribution in [0, 0.1) is 18.3 Å². The van der Waals surface area contributed by atoms with Crippen LogP contribution in [0.1, 0.15) is 7.79 Å². The van der Waals surface area contributed by atoms with E-state index in [0.717, 1.165) is 6.42 Å². The maximum absolute atomic E-state index is 7.12. The first kappa shape index (κ1) is 3.51. The Kier molecular flexibility index (Phi) is 1.00. The Bertz CT molecular complexity index is 116. The maximum atomic E-state index is 7.12. The third-order valence-electron chi connectivity index (χ3n) is 1.02. The molecule has 0 saturated carbocycles. The predicted octanol–water partition coefficient (Wildman–Crippen LogP) is 0.656. The van der Waals surface area contributed by atoms with Crippen LogP contribution >= 0.6 is 0 Å². The van der Waals surface area contributed by atoms with Gasteiger partial charge in [0.1, 0.15) is 0 Å². The van der Waals surface area contributed by atoms with Crippen LogP contribution < -0.4 is 0 Å². The van der Waals surface area contributed by atoms with E-state index < -0.39 is 6.58 Å². The van der Waals surface area contributed by atoms with Gasteiger partial charge in [0.05, 0.1) is 7.95 Å². The van der Waals surface area contributed by atoms with Crippen molar-refractivity contribution in [3.05, 3.63) is 0 Å². The average Bonchev–Trinajstić information content (AvgIpc) is 2.14. The number of hydrogen-bond donors (Lipinski definition) is 0. The highest BCUT2D eigenvalue weighted by Gasteiger charge is 2.10. The summed E-state index contributed by atoms with van der Waals surface area (Å²) in [7, 11) is 0. The molecule has 0 radical (unpaired) electrons. The zero-order valence-electron chi connectivity index (χ0n) is 5.05. The largest absolute Gasteiger partial charge is 0.380 e. The number of rotatable bonds is 0. The molecule has 7 heavy (non-hydrogen) atoms. The van der Waals surface area contributed by atoms with Gasteiger partial charge in [0.25, 0.3) is 0 Å². The average molecular weight is 97.1 g/mol.